The first-order chi connectivity index (χ1) is 15.6. The Balaban J connectivity index is 1.18. The molecule has 1 saturated heterocycles. The van der Waals surface area contributed by atoms with Gasteiger partial charge in [-0.05, 0) is 48.6 Å². The van der Waals surface area contributed by atoms with E-state index < -0.39 is 0 Å². The van der Waals surface area contributed by atoms with Crippen LogP contribution in [0.2, 0.25) is 0 Å². The Hall–Kier alpha value is -2.52. The molecular formula is C23H25N3O4S2. The van der Waals surface area contributed by atoms with Crippen molar-refractivity contribution in [2.24, 2.45) is 16.9 Å². The lowest BCUT2D eigenvalue weighted by atomic mass is 9.97. The molecule has 32 heavy (non-hydrogen) atoms. The average molecular weight is 472 g/mol. The van der Waals surface area contributed by atoms with Gasteiger partial charge in [0.2, 0.25) is 5.91 Å². The lowest BCUT2D eigenvalue weighted by Crippen LogP contribution is -2.41. The number of esters is 1. The maximum atomic E-state index is 13.0. The average Bonchev–Trinajstić information content (AvgIpc) is 3.21. The molecule has 0 N–H and O–H groups in total. The summed E-state index contributed by atoms with van der Waals surface area (Å²) in [6.07, 6.45) is 3.81. The Bertz CT molecular complexity index is 1010. The van der Waals surface area contributed by atoms with Gasteiger partial charge in [0.25, 0.3) is 5.91 Å². The third-order valence-corrected chi connectivity index (χ3v) is 8.14. The van der Waals surface area contributed by atoms with E-state index in [2.05, 4.69) is 5.10 Å². The second-order valence-corrected chi connectivity index (χ2v) is 10.4. The van der Waals surface area contributed by atoms with Gasteiger partial charge in [-0.15, -0.1) is 22.7 Å². The number of hydrazone groups is 1. The lowest BCUT2D eigenvalue weighted by Gasteiger charge is -2.31. The zero-order valence-electron chi connectivity index (χ0n) is 17.6. The molecule has 2 amide bonds. The van der Waals surface area contributed by atoms with E-state index in [1.54, 1.807) is 22.7 Å². The summed E-state index contributed by atoms with van der Waals surface area (Å²) in [6.45, 7) is 0.858. The predicted octanol–water partition coefficient (Wildman–Crippen LogP) is 3.68. The number of thiophene rings is 2. The summed E-state index contributed by atoms with van der Waals surface area (Å²) in [5.74, 6) is -0.508. The first-order valence-electron chi connectivity index (χ1n) is 11.0. The molecule has 2 fully saturated rings. The molecule has 3 aliphatic rings. The highest BCUT2D eigenvalue weighted by Gasteiger charge is 2.37. The number of piperidine rings is 1. The van der Waals surface area contributed by atoms with Crippen LogP contribution in [0.1, 0.15) is 47.9 Å². The number of nitrogens with zero attached hydrogens (tertiary/aromatic N) is 3. The minimum absolute atomic E-state index is 0.171. The van der Waals surface area contributed by atoms with Crippen molar-refractivity contribution in [2.75, 3.05) is 19.7 Å². The van der Waals surface area contributed by atoms with Crippen LogP contribution in [0, 0.1) is 11.8 Å². The Morgan fingerprint density at radius 3 is 2.41 bits per heavy atom. The van der Waals surface area contributed by atoms with Gasteiger partial charge in [0.05, 0.1) is 22.5 Å². The zero-order chi connectivity index (χ0) is 22.1. The summed E-state index contributed by atoms with van der Waals surface area (Å²) >= 11 is 3.19. The number of rotatable bonds is 6. The van der Waals surface area contributed by atoms with Gasteiger partial charge in [-0.1, -0.05) is 12.1 Å². The quantitative estimate of drug-likeness (QED) is 0.602. The summed E-state index contributed by atoms with van der Waals surface area (Å²) in [4.78, 5) is 41.7. The lowest BCUT2D eigenvalue weighted by molar-refractivity contribution is -0.158. The van der Waals surface area contributed by atoms with Gasteiger partial charge in [-0.2, -0.15) is 5.10 Å². The molecule has 5 rings (SSSR count). The fourth-order valence-electron chi connectivity index (χ4n) is 4.28. The minimum atomic E-state index is -0.355. The number of hydrogen-bond donors (Lipinski definition) is 0. The molecule has 2 aromatic heterocycles. The molecule has 1 saturated carbocycles. The highest BCUT2D eigenvalue weighted by molar-refractivity contribution is 7.12. The van der Waals surface area contributed by atoms with E-state index in [9.17, 15) is 14.4 Å². The predicted molar refractivity (Wildman–Crippen MR) is 122 cm³/mol. The summed E-state index contributed by atoms with van der Waals surface area (Å²) in [7, 11) is 0. The summed E-state index contributed by atoms with van der Waals surface area (Å²) < 4.78 is 5.41. The molecule has 2 aliphatic heterocycles. The van der Waals surface area contributed by atoms with Crippen molar-refractivity contribution < 1.29 is 19.1 Å². The number of ether oxygens (including phenoxy) is 1. The van der Waals surface area contributed by atoms with Crippen LogP contribution in [0.4, 0.5) is 0 Å². The second kappa shape index (κ2) is 9.15. The number of amides is 2. The van der Waals surface area contributed by atoms with E-state index in [1.807, 2.05) is 39.9 Å². The molecule has 2 aromatic rings. The normalized spacial score (nSPS) is 21.5. The summed E-state index contributed by atoms with van der Waals surface area (Å²) in [6, 6.07) is 7.77. The van der Waals surface area contributed by atoms with E-state index >= 15 is 0 Å². The molecule has 1 atom stereocenters. The molecule has 7 nitrogen and oxygen atoms in total. The van der Waals surface area contributed by atoms with Crippen molar-refractivity contribution in [3.8, 4) is 0 Å². The van der Waals surface area contributed by atoms with Gasteiger partial charge in [0.1, 0.15) is 0 Å². The molecule has 0 radical (unpaired) electrons. The van der Waals surface area contributed by atoms with Crippen LogP contribution in [-0.2, 0) is 19.1 Å². The Labute approximate surface area is 194 Å². The number of carbonyl (C=O) groups is 3. The standard InChI is InChI=1S/C23H25N3O4S2/c27-21(14-30-23(29)16-7-9-25(10-8-16)22(28)15-5-6-15)26-18(20-4-2-12-32-20)13-17(24-26)19-3-1-11-31-19/h1-4,11-12,15-16,18H,5-10,13-14H2. The first-order valence-corrected chi connectivity index (χ1v) is 12.8. The topological polar surface area (TPSA) is 79.3 Å². The third-order valence-electron chi connectivity index (χ3n) is 6.25. The van der Waals surface area contributed by atoms with E-state index in [0.29, 0.717) is 32.4 Å². The van der Waals surface area contributed by atoms with Gasteiger partial charge in [0.15, 0.2) is 6.61 Å². The van der Waals surface area contributed by atoms with Crippen LogP contribution >= 0.6 is 22.7 Å². The molecule has 9 heteroatoms. The van der Waals surface area contributed by atoms with Gasteiger partial charge >= 0.3 is 5.97 Å². The van der Waals surface area contributed by atoms with Gasteiger partial charge in [-0.3, -0.25) is 14.4 Å². The van der Waals surface area contributed by atoms with E-state index in [1.165, 1.54) is 5.01 Å². The fourth-order valence-corrected chi connectivity index (χ4v) is 5.81. The molecule has 4 heterocycles. The van der Waals surface area contributed by atoms with Crippen LogP contribution in [0.3, 0.4) is 0 Å². The Morgan fingerprint density at radius 1 is 1.00 bits per heavy atom. The third kappa shape index (κ3) is 4.49. The molecule has 0 spiro atoms. The van der Waals surface area contributed by atoms with E-state index in [4.69, 9.17) is 4.74 Å². The van der Waals surface area contributed by atoms with Crippen LogP contribution in [-0.4, -0.2) is 53.1 Å². The van der Waals surface area contributed by atoms with Crippen molar-refractivity contribution in [1.82, 2.24) is 9.91 Å². The van der Waals surface area contributed by atoms with Crippen molar-refractivity contribution >= 4 is 46.2 Å². The highest BCUT2D eigenvalue weighted by atomic mass is 32.1. The van der Waals surface area contributed by atoms with Crippen molar-refractivity contribution in [2.45, 2.75) is 38.1 Å². The SMILES string of the molecule is O=C(OCC(=O)N1N=C(c2cccs2)CC1c1cccs1)C1CCN(C(=O)C2CC2)CC1. The monoisotopic (exact) mass is 471 g/mol. The highest BCUT2D eigenvalue weighted by Crippen LogP contribution is 2.36. The first kappa shape index (κ1) is 21.3. The van der Waals surface area contributed by atoms with E-state index in [0.717, 1.165) is 28.3 Å². The van der Waals surface area contributed by atoms with Gasteiger partial charge in [-0.25, -0.2) is 5.01 Å². The largest absolute Gasteiger partial charge is 0.455 e. The maximum absolute atomic E-state index is 13.0. The molecule has 168 valence electrons. The van der Waals surface area contributed by atoms with Crippen LogP contribution in [0.25, 0.3) is 0 Å². The van der Waals surface area contributed by atoms with Crippen LogP contribution < -0.4 is 0 Å². The van der Waals surface area contributed by atoms with Crippen molar-refractivity contribution in [3.63, 3.8) is 0 Å². The maximum Gasteiger partial charge on any atom is 0.309 e. The Morgan fingerprint density at radius 2 is 1.75 bits per heavy atom. The van der Waals surface area contributed by atoms with Gasteiger partial charge in [0, 0.05) is 30.3 Å². The van der Waals surface area contributed by atoms with Crippen LogP contribution in [0.5, 0.6) is 0 Å². The number of likely N-dealkylation sites (tertiary alicyclic amines) is 1. The summed E-state index contributed by atoms with van der Waals surface area (Å²) in [5.41, 5.74) is 0.880. The Kier molecular flexibility index (Phi) is 6.10. The molecule has 1 unspecified atom stereocenters. The van der Waals surface area contributed by atoms with Gasteiger partial charge < -0.3 is 9.64 Å². The minimum Gasteiger partial charge on any atom is -0.455 e. The molecule has 1 aliphatic carbocycles. The fraction of sp³-hybridized carbons (Fsp3) is 0.478. The number of hydrogen-bond acceptors (Lipinski definition) is 7. The van der Waals surface area contributed by atoms with Crippen LogP contribution in [0.15, 0.2) is 40.1 Å². The number of carbonyl (C=O) groups excluding carboxylic acids is 3. The van der Waals surface area contributed by atoms with Crippen molar-refractivity contribution in [3.05, 3.63) is 44.8 Å². The zero-order valence-corrected chi connectivity index (χ0v) is 19.3. The molecule has 0 aromatic carbocycles. The van der Waals surface area contributed by atoms with Crippen molar-refractivity contribution in [1.29, 1.82) is 0 Å². The second-order valence-electron chi connectivity index (χ2n) is 8.48. The molecule has 0 bridgehead atoms. The summed E-state index contributed by atoms with van der Waals surface area (Å²) in [5, 5.41) is 10.1. The smallest absolute Gasteiger partial charge is 0.309 e. The van der Waals surface area contributed by atoms with E-state index in [-0.39, 0.29) is 42.3 Å². The molecular weight excluding hydrogens is 446 g/mol.